The first-order chi connectivity index (χ1) is 13.2. The fraction of sp³-hybridized carbons (Fsp3) is 0.350. The molecule has 0 spiro atoms. The predicted octanol–water partition coefficient (Wildman–Crippen LogP) is 3.06. The summed E-state index contributed by atoms with van der Waals surface area (Å²) in [6.45, 7) is 6.47. The molecule has 0 unspecified atom stereocenters. The number of rotatable bonds is 7. The van der Waals surface area contributed by atoms with Crippen molar-refractivity contribution in [3.05, 3.63) is 60.5 Å². The molecule has 0 fully saturated rings. The molecule has 0 aliphatic carbocycles. The molecule has 3 aromatic rings. The van der Waals surface area contributed by atoms with Crippen LogP contribution in [-0.4, -0.2) is 27.5 Å². The Hall–Kier alpha value is -3.09. The van der Waals surface area contributed by atoms with Crippen LogP contribution in [0.5, 0.6) is 0 Å². The molecular formula is C20H26N6O. The topological polar surface area (TPSA) is 80.3 Å². The molecule has 0 atom stereocenters. The van der Waals surface area contributed by atoms with Gasteiger partial charge in [-0.1, -0.05) is 32.0 Å². The maximum Gasteiger partial charge on any atom is 0.226 e. The molecule has 0 aliphatic rings. The van der Waals surface area contributed by atoms with Crippen LogP contribution in [-0.2, 0) is 19.6 Å². The number of aliphatic imine (C=N–C) groups is 1. The third-order valence-corrected chi connectivity index (χ3v) is 4.01. The summed E-state index contributed by atoms with van der Waals surface area (Å²) < 4.78 is 7.72. The second kappa shape index (κ2) is 9.02. The summed E-state index contributed by atoms with van der Waals surface area (Å²) in [5.41, 5.74) is 1.78. The van der Waals surface area contributed by atoms with Gasteiger partial charge >= 0.3 is 0 Å². The second-order valence-electron chi connectivity index (χ2n) is 6.68. The van der Waals surface area contributed by atoms with Crippen LogP contribution in [0.2, 0.25) is 0 Å². The van der Waals surface area contributed by atoms with Crippen molar-refractivity contribution in [2.75, 3.05) is 7.05 Å². The molecule has 2 heterocycles. The van der Waals surface area contributed by atoms with Gasteiger partial charge in [0.05, 0.1) is 18.8 Å². The lowest BCUT2D eigenvalue weighted by Crippen LogP contribution is -2.37. The lowest BCUT2D eigenvalue weighted by Gasteiger charge is -2.13. The van der Waals surface area contributed by atoms with Gasteiger partial charge in [-0.05, 0) is 18.1 Å². The van der Waals surface area contributed by atoms with Crippen molar-refractivity contribution in [3.8, 4) is 11.5 Å². The molecule has 0 bridgehead atoms. The molecule has 142 valence electrons. The summed E-state index contributed by atoms with van der Waals surface area (Å²) in [6.07, 6.45) is 5.50. The number of imidazole rings is 1. The number of aromatic nitrogens is 3. The van der Waals surface area contributed by atoms with Gasteiger partial charge < -0.3 is 19.6 Å². The van der Waals surface area contributed by atoms with Crippen LogP contribution < -0.4 is 10.6 Å². The number of oxazole rings is 1. The van der Waals surface area contributed by atoms with E-state index in [9.17, 15) is 0 Å². The summed E-state index contributed by atoms with van der Waals surface area (Å²) >= 11 is 0. The van der Waals surface area contributed by atoms with Crippen molar-refractivity contribution in [2.24, 2.45) is 10.9 Å². The first-order valence-electron chi connectivity index (χ1n) is 9.10. The van der Waals surface area contributed by atoms with Crippen LogP contribution in [0, 0.1) is 5.92 Å². The van der Waals surface area contributed by atoms with Crippen LogP contribution in [0.15, 0.2) is 58.4 Å². The Morgan fingerprint density at radius 1 is 1.19 bits per heavy atom. The van der Waals surface area contributed by atoms with E-state index in [1.807, 2.05) is 42.7 Å². The Balaban J connectivity index is 1.53. The van der Waals surface area contributed by atoms with Gasteiger partial charge in [-0.25, -0.2) is 9.97 Å². The van der Waals surface area contributed by atoms with Crippen LogP contribution in [0.25, 0.3) is 11.5 Å². The van der Waals surface area contributed by atoms with Crippen LogP contribution >= 0.6 is 0 Å². The average molecular weight is 366 g/mol. The Morgan fingerprint density at radius 2 is 1.96 bits per heavy atom. The summed E-state index contributed by atoms with van der Waals surface area (Å²) in [7, 11) is 1.74. The van der Waals surface area contributed by atoms with Gasteiger partial charge in [0.2, 0.25) is 5.89 Å². The first-order valence-corrected chi connectivity index (χ1v) is 9.10. The van der Waals surface area contributed by atoms with Gasteiger partial charge in [0, 0.05) is 31.5 Å². The molecule has 1 aromatic carbocycles. The highest BCUT2D eigenvalue weighted by molar-refractivity contribution is 5.79. The van der Waals surface area contributed by atoms with E-state index in [0.29, 0.717) is 30.9 Å². The minimum Gasteiger partial charge on any atom is -0.444 e. The molecule has 0 aliphatic heterocycles. The van der Waals surface area contributed by atoms with Crippen molar-refractivity contribution >= 4 is 5.96 Å². The Labute approximate surface area is 159 Å². The van der Waals surface area contributed by atoms with Crippen molar-refractivity contribution in [1.29, 1.82) is 0 Å². The molecule has 0 saturated carbocycles. The molecule has 3 rings (SSSR count). The van der Waals surface area contributed by atoms with Gasteiger partial charge in [-0.15, -0.1) is 0 Å². The predicted molar refractivity (Wildman–Crippen MR) is 106 cm³/mol. The Kier molecular flexibility index (Phi) is 6.25. The Bertz CT molecular complexity index is 865. The number of nitrogens with one attached hydrogen (secondary N) is 2. The number of nitrogens with zero attached hydrogens (tertiary/aromatic N) is 4. The highest BCUT2D eigenvalue weighted by atomic mass is 16.3. The molecule has 27 heavy (non-hydrogen) atoms. The minimum atomic E-state index is 0.524. The highest BCUT2D eigenvalue weighted by Crippen LogP contribution is 2.17. The van der Waals surface area contributed by atoms with Gasteiger partial charge in [0.25, 0.3) is 0 Å². The zero-order valence-electron chi connectivity index (χ0n) is 16.0. The maximum atomic E-state index is 5.56. The number of benzene rings is 1. The SMILES string of the molecule is CN=C(NCc1coc(-c2ccccc2)n1)NCc1nccn1CC(C)C. The van der Waals surface area contributed by atoms with E-state index in [4.69, 9.17) is 4.42 Å². The quantitative estimate of drug-likeness (QED) is 0.496. The summed E-state index contributed by atoms with van der Waals surface area (Å²) in [5.74, 6) is 2.87. The molecule has 0 amide bonds. The summed E-state index contributed by atoms with van der Waals surface area (Å²) in [5, 5.41) is 6.54. The maximum absolute atomic E-state index is 5.56. The highest BCUT2D eigenvalue weighted by Gasteiger charge is 2.08. The van der Waals surface area contributed by atoms with Crippen molar-refractivity contribution in [1.82, 2.24) is 25.2 Å². The second-order valence-corrected chi connectivity index (χ2v) is 6.68. The van der Waals surface area contributed by atoms with E-state index >= 15 is 0 Å². The standard InChI is InChI=1S/C20H26N6O/c1-15(2)13-26-10-9-22-18(26)12-24-20(21-3)23-11-17-14-27-19(25-17)16-7-5-4-6-8-16/h4-10,14-15H,11-13H2,1-3H3,(H2,21,23,24). The molecule has 7 heteroatoms. The number of guanidine groups is 1. The van der Waals surface area contributed by atoms with Crippen LogP contribution in [0.4, 0.5) is 0 Å². The molecule has 0 radical (unpaired) electrons. The minimum absolute atomic E-state index is 0.524. The first kappa shape index (κ1) is 18.7. The lowest BCUT2D eigenvalue weighted by atomic mass is 10.2. The molecule has 2 aromatic heterocycles. The van der Waals surface area contributed by atoms with Crippen LogP contribution in [0.1, 0.15) is 25.4 Å². The van der Waals surface area contributed by atoms with E-state index in [1.54, 1.807) is 13.3 Å². The zero-order chi connectivity index (χ0) is 19.1. The normalized spacial score (nSPS) is 11.8. The third-order valence-electron chi connectivity index (χ3n) is 4.01. The van der Waals surface area contributed by atoms with Crippen molar-refractivity contribution in [2.45, 2.75) is 33.5 Å². The van der Waals surface area contributed by atoms with Crippen molar-refractivity contribution in [3.63, 3.8) is 0 Å². The van der Waals surface area contributed by atoms with E-state index in [0.717, 1.165) is 23.6 Å². The van der Waals surface area contributed by atoms with Crippen molar-refractivity contribution < 1.29 is 4.42 Å². The fourth-order valence-electron chi connectivity index (χ4n) is 2.73. The smallest absolute Gasteiger partial charge is 0.226 e. The summed E-state index contributed by atoms with van der Waals surface area (Å²) in [4.78, 5) is 13.2. The molecular weight excluding hydrogens is 340 g/mol. The number of hydrogen-bond donors (Lipinski definition) is 2. The number of hydrogen-bond acceptors (Lipinski definition) is 4. The molecule has 7 nitrogen and oxygen atoms in total. The van der Waals surface area contributed by atoms with E-state index in [2.05, 4.69) is 44.0 Å². The zero-order valence-corrected chi connectivity index (χ0v) is 16.0. The van der Waals surface area contributed by atoms with E-state index in [1.165, 1.54) is 0 Å². The fourth-order valence-corrected chi connectivity index (χ4v) is 2.73. The van der Waals surface area contributed by atoms with Gasteiger partial charge in [-0.2, -0.15) is 0 Å². The van der Waals surface area contributed by atoms with Gasteiger partial charge in [0.15, 0.2) is 5.96 Å². The monoisotopic (exact) mass is 366 g/mol. The van der Waals surface area contributed by atoms with Gasteiger partial charge in [0.1, 0.15) is 12.1 Å². The average Bonchev–Trinajstić information content (AvgIpc) is 3.32. The molecule has 0 saturated heterocycles. The largest absolute Gasteiger partial charge is 0.444 e. The third kappa shape index (κ3) is 5.20. The van der Waals surface area contributed by atoms with Gasteiger partial charge in [-0.3, -0.25) is 4.99 Å². The molecule has 2 N–H and O–H groups in total. The van der Waals surface area contributed by atoms with E-state index < -0.39 is 0 Å². The Morgan fingerprint density at radius 3 is 2.70 bits per heavy atom. The van der Waals surface area contributed by atoms with Crippen LogP contribution in [0.3, 0.4) is 0 Å². The van der Waals surface area contributed by atoms with E-state index in [-0.39, 0.29) is 0 Å². The lowest BCUT2D eigenvalue weighted by molar-refractivity contribution is 0.503. The summed E-state index contributed by atoms with van der Waals surface area (Å²) in [6, 6.07) is 9.85.